The second kappa shape index (κ2) is 6.27. The molecule has 0 bridgehead atoms. The molecule has 0 saturated carbocycles. The van der Waals surface area contributed by atoms with Crippen molar-refractivity contribution >= 4 is 5.97 Å². The maximum Gasteiger partial charge on any atom is 0.384 e. The van der Waals surface area contributed by atoms with E-state index in [1.54, 1.807) is 6.92 Å². The molecule has 0 radical (unpaired) electrons. The average molecular weight is 166 g/mol. The number of terminal acetylenes is 1. The largest absolute Gasteiger partial charge is 0.456 e. The first-order chi connectivity index (χ1) is 5.70. The number of rotatable bonds is 2. The highest BCUT2D eigenvalue weighted by atomic mass is 16.5. The Bertz CT molecular complexity index is 239. The topological polar surface area (TPSA) is 46.5 Å². The fourth-order valence-corrected chi connectivity index (χ4v) is 0.472. The number of carbonyl (C=O) groups excluding carboxylic acids is 1. The number of carbonyl (C=O) groups is 1. The van der Waals surface area contributed by atoms with Crippen molar-refractivity contribution in [3.63, 3.8) is 0 Å². The first-order valence-electron chi connectivity index (χ1n) is 3.50. The van der Waals surface area contributed by atoms with Crippen molar-refractivity contribution in [3.8, 4) is 24.2 Å². The van der Waals surface area contributed by atoms with Crippen LogP contribution in [0, 0.1) is 24.2 Å². The molecule has 0 aliphatic rings. The summed E-state index contributed by atoms with van der Waals surface area (Å²) in [6, 6.07) is 0. The van der Waals surface area contributed by atoms with Gasteiger partial charge in [-0.2, -0.15) is 0 Å². The number of hydrogen-bond donors (Lipinski definition) is 1. The summed E-state index contributed by atoms with van der Waals surface area (Å²) >= 11 is 0. The van der Waals surface area contributed by atoms with E-state index in [0.717, 1.165) is 0 Å². The fourth-order valence-electron chi connectivity index (χ4n) is 0.472. The van der Waals surface area contributed by atoms with Crippen LogP contribution in [-0.2, 0) is 9.53 Å². The number of ether oxygens (including phenoxy) is 1. The number of aliphatic hydroxyl groups excluding tert-OH is 1. The van der Waals surface area contributed by atoms with Crippen LogP contribution in [0.4, 0.5) is 0 Å². The SMILES string of the molecule is C#CCC(O)C#CC(=O)OCC. The molecular weight excluding hydrogens is 156 g/mol. The zero-order valence-corrected chi connectivity index (χ0v) is 6.83. The number of esters is 1. The highest BCUT2D eigenvalue weighted by Gasteiger charge is 1.96. The molecule has 0 heterocycles. The standard InChI is InChI=1S/C9H10O3/c1-3-5-8(10)6-7-9(11)12-4-2/h1,8,10H,4-5H2,2H3. The van der Waals surface area contributed by atoms with Crippen LogP contribution < -0.4 is 0 Å². The molecule has 0 saturated heterocycles. The Labute approximate surface area is 71.7 Å². The lowest BCUT2D eigenvalue weighted by atomic mass is 10.3. The molecular formula is C9H10O3. The zero-order valence-electron chi connectivity index (χ0n) is 6.83. The van der Waals surface area contributed by atoms with Crippen molar-refractivity contribution < 1.29 is 14.6 Å². The van der Waals surface area contributed by atoms with E-state index in [1.807, 2.05) is 0 Å². The Morgan fingerprint density at radius 2 is 2.42 bits per heavy atom. The lowest BCUT2D eigenvalue weighted by Crippen LogP contribution is -2.04. The molecule has 0 aliphatic heterocycles. The Balaban J connectivity index is 3.86. The van der Waals surface area contributed by atoms with Gasteiger partial charge in [-0.15, -0.1) is 12.3 Å². The summed E-state index contributed by atoms with van der Waals surface area (Å²) in [5.74, 6) is 5.94. The Morgan fingerprint density at radius 3 is 2.92 bits per heavy atom. The molecule has 64 valence electrons. The molecule has 0 spiro atoms. The third-order valence-corrected chi connectivity index (χ3v) is 0.927. The molecule has 0 aromatic heterocycles. The zero-order chi connectivity index (χ0) is 9.40. The number of aliphatic hydroxyl groups is 1. The maximum absolute atomic E-state index is 10.6. The summed E-state index contributed by atoms with van der Waals surface area (Å²) in [5, 5.41) is 8.94. The van der Waals surface area contributed by atoms with Crippen LogP contribution in [0.3, 0.4) is 0 Å². The smallest absolute Gasteiger partial charge is 0.384 e. The minimum absolute atomic E-state index is 0.117. The predicted molar refractivity (Wildman–Crippen MR) is 43.9 cm³/mol. The molecule has 0 rings (SSSR count). The quantitative estimate of drug-likeness (QED) is 0.355. The van der Waals surface area contributed by atoms with Gasteiger partial charge in [-0.3, -0.25) is 0 Å². The summed E-state index contributed by atoms with van der Waals surface area (Å²) in [6.07, 6.45) is 4.07. The van der Waals surface area contributed by atoms with E-state index < -0.39 is 12.1 Å². The van der Waals surface area contributed by atoms with Crippen molar-refractivity contribution in [2.24, 2.45) is 0 Å². The average Bonchev–Trinajstić information content (AvgIpc) is 2.02. The van der Waals surface area contributed by atoms with Gasteiger partial charge in [-0.05, 0) is 6.92 Å². The van der Waals surface area contributed by atoms with E-state index in [2.05, 4.69) is 22.5 Å². The van der Waals surface area contributed by atoms with Crippen LogP contribution in [0.25, 0.3) is 0 Å². The highest BCUT2D eigenvalue weighted by molar-refractivity contribution is 5.88. The van der Waals surface area contributed by atoms with Crippen LogP contribution in [-0.4, -0.2) is 23.8 Å². The van der Waals surface area contributed by atoms with Crippen molar-refractivity contribution in [2.75, 3.05) is 6.61 Å². The van der Waals surface area contributed by atoms with E-state index in [-0.39, 0.29) is 13.0 Å². The van der Waals surface area contributed by atoms with Gasteiger partial charge < -0.3 is 9.84 Å². The van der Waals surface area contributed by atoms with Gasteiger partial charge in [0.1, 0.15) is 6.10 Å². The van der Waals surface area contributed by atoms with Gasteiger partial charge in [0.05, 0.1) is 6.61 Å². The first kappa shape index (κ1) is 10.6. The Hall–Kier alpha value is -1.45. The van der Waals surface area contributed by atoms with E-state index in [1.165, 1.54) is 0 Å². The van der Waals surface area contributed by atoms with Crippen LogP contribution >= 0.6 is 0 Å². The molecule has 0 aromatic rings. The molecule has 1 unspecified atom stereocenters. The van der Waals surface area contributed by atoms with E-state index in [0.29, 0.717) is 0 Å². The molecule has 0 fully saturated rings. The van der Waals surface area contributed by atoms with Gasteiger partial charge in [-0.1, -0.05) is 5.92 Å². The maximum atomic E-state index is 10.6. The van der Waals surface area contributed by atoms with Crippen molar-refractivity contribution in [1.82, 2.24) is 0 Å². The molecule has 0 aliphatic carbocycles. The monoisotopic (exact) mass is 166 g/mol. The van der Waals surface area contributed by atoms with Gasteiger partial charge in [0.2, 0.25) is 0 Å². The summed E-state index contributed by atoms with van der Waals surface area (Å²) in [7, 11) is 0. The van der Waals surface area contributed by atoms with E-state index in [9.17, 15) is 4.79 Å². The molecule has 12 heavy (non-hydrogen) atoms. The lowest BCUT2D eigenvalue weighted by Gasteiger charge is -1.94. The number of hydrogen-bond acceptors (Lipinski definition) is 3. The Kier molecular flexibility index (Phi) is 5.51. The molecule has 3 nitrogen and oxygen atoms in total. The van der Waals surface area contributed by atoms with Crippen molar-refractivity contribution in [2.45, 2.75) is 19.4 Å². The van der Waals surface area contributed by atoms with Gasteiger partial charge in [-0.25, -0.2) is 4.79 Å². The molecule has 0 amide bonds. The van der Waals surface area contributed by atoms with Gasteiger partial charge >= 0.3 is 5.97 Å². The molecule has 1 N–H and O–H groups in total. The minimum atomic E-state index is -0.945. The predicted octanol–water partition coefficient (Wildman–Crippen LogP) is -0.0629. The second-order valence-electron chi connectivity index (χ2n) is 1.91. The van der Waals surface area contributed by atoms with E-state index in [4.69, 9.17) is 11.5 Å². The highest BCUT2D eigenvalue weighted by Crippen LogP contribution is 1.85. The normalized spacial score (nSPS) is 10.4. The van der Waals surface area contributed by atoms with Crippen molar-refractivity contribution in [1.29, 1.82) is 0 Å². The summed E-state index contributed by atoms with van der Waals surface area (Å²) in [5.41, 5.74) is 0. The third kappa shape index (κ3) is 5.34. The van der Waals surface area contributed by atoms with Gasteiger partial charge in [0.25, 0.3) is 0 Å². The molecule has 0 aromatic carbocycles. The third-order valence-electron chi connectivity index (χ3n) is 0.927. The van der Waals surface area contributed by atoms with Gasteiger partial charge in [0, 0.05) is 12.3 Å². The van der Waals surface area contributed by atoms with Gasteiger partial charge in [0.15, 0.2) is 0 Å². The second-order valence-corrected chi connectivity index (χ2v) is 1.91. The lowest BCUT2D eigenvalue weighted by molar-refractivity contribution is -0.136. The molecule has 3 heteroatoms. The van der Waals surface area contributed by atoms with Crippen LogP contribution in [0.5, 0.6) is 0 Å². The van der Waals surface area contributed by atoms with E-state index >= 15 is 0 Å². The summed E-state index contributed by atoms with van der Waals surface area (Å²) in [4.78, 5) is 10.6. The summed E-state index contributed by atoms with van der Waals surface area (Å²) in [6.45, 7) is 1.95. The minimum Gasteiger partial charge on any atom is -0.456 e. The van der Waals surface area contributed by atoms with Crippen molar-refractivity contribution in [3.05, 3.63) is 0 Å². The van der Waals surface area contributed by atoms with Crippen LogP contribution in [0.2, 0.25) is 0 Å². The molecule has 1 atom stereocenters. The van der Waals surface area contributed by atoms with Crippen LogP contribution in [0.15, 0.2) is 0 Å². The van der Waals surface area contributed by atoms with Crippen LogP contribution in [0.1, 0.15) is 13.3 Å². The first-order valence-corrected chi connectivity index (χ1v) is 3.50. The Morgan fingerprint density at radius 1 is 1.75 bits per heavy atom. The summed E-state index contributed by atoms with van der Waals surface area (Å²) < 4.78 is 4.50. The fraction of sp³-hybridized carbons (Fsp3) is 0.444.